The third-order valence-electron chi connectivity index (χ3n) is 5.77. The van der Waals surface area contributed by atoms with E-state index >= 15 is 0 Å². The predicted octanol–water partition coefficient (Wildman–Crippen LogP) is 9.17. The van der Waals surface area contributed by atoms with Crippen molar-refractivity contribution in [3.63, 3.8) is 0 Å². The number of hydrogen-bond acceptors (Lipinski definition) is 4. The molecule has 0 bridgehead atoms. The van der Waals surface area contributed by atoms with Crippen molar-refractivity contribution in [3.05, 3.63) is 112 Å². The molecule has 6 aromatic rings. The third-order valence-corrected chi connectivity index (χ3v) is 8.44. The van der Waals surface area contributed by atoms with Gasteiger partial charge in [-0.15, -0.1) is 11.3 Å². The maximum Gasteiger partial charge on any atom is 0.164 e. The van der Waals surface area contributed by atoms with E-state index in [1.165, 1.54) is 0 Å². The Morgan fingerprint density at radius 1 is 0.543 bits per heavy atom. The van der Waals surface area contributed by atoms with Crippen molar-refractivity contribution in [3.8, 4) is 45.3 Å². The summed E-state index contributed by atoms with van der Waals surface area (Å²) in [5.41, 5.74) is 5.11. The number of hydrogen-bond donors (Lipinski definition) is 0. The van der Waals surface area contributed by atoms with E-state index in [1.807, 2.05) is 60.7 Å². The molecular weight excluding hydrogens is 538 g/mol. The lowest BCUT2D eigenvalue weighted by Gasteiger charge is -2.09. The summed E-state index contributed by atoms with van der Waals surface area (Å²) in [6.45, 7) is 0. The van der Waals surface area contributed by atoms with E-state index in [-0.39, 0.29) is 0 Å². The minimum absolute atomic E-state index is 0.647. The lowest BCUT2D eigenvalue weighted by molar-refractivity contribution is 1.07. The standard InChI is InChI=1S/C29H17BrClN3S/c30-25-23-16-15-22(17-24(23)35-26(25)31)18-11-13-21(14-12-18)29-33-27(19-7-3-1-4-8-19)32-28(34-29)20-9-5-2-6-10-20/h1-17H. The first kappa shape index (κ1) is 22.1. The minimum atomic E-state index is 0.647. The Hall–Kier alpha value is -3.38. The summed E-state index contributed by atoms with van der Waals surface area (Å²) in [5, 5.41) is 1.13. The Bertz CT molecular complexity index is 1590. The van der Waals surface area contributed by atoms with Gasteiger partial charge in [-0.3, -0.25) is 0 Å². The smallest absolute Gasteiger partial charge is 0.164 e. The van der Waals surface area contributed by atoms with Crippen molar-refractivity contribution in [1.29, 1.82) is 0 Å². The van der Waals surface area contributed by atoms with Gasteiger partial charge >= 0.3 is 0 Å². The van der Waals surface area contributed by atoms with Gasteiger partial charge in [0.25, 0.3) is 0 Å². The lowest BCUT2D eigenvalue weighted by Crippen LogP contribution is -2.00. The molecule has 0 saturated heterocycles. The molecule has 0 aliphatic carbocycles. The number of halogens is 2. The highest BCUT2D eigenvalue weighted by molar-refractivity contribution is 9.10. The number of benzene rings is 4. The van der Waals surface area contributed by atoms with Crippen LogP contribution in [0.5, 0.6) is 0 Å². The summed E-state index contributed by atoms with van der Waals surface area (Å²) in [6.07, 6.45) is 0. The maximum absolute atomic E-state index is 6.31. The SMILES string of the molecule is Clc1sc2cc(-c3ccc(-c4nc(-c5ccccc5)nc(-c5ccccc5)n4)cc3)ccc2c1Br. The van der Waals surface area contributed by atoms with Gasteiger partial charge in [-0.2, -0.15) is 0 Å². The van der Waals surface area contributed by atoms with E-state index in [0.29, 0.717) is 17.5 Å². The fraction of sp³-hybridized carbons (Fsp3) is 0. The van der Waals surface area contributed by atoms with E-state index < -0.39 is 0 Å². The molecule has 0 unspecified atom stereocenters. The highest BCUT2D eigenvalue weighted by Gasteiger charge is 2.13. The fourth-order valence-electron chi connectivity index (χ4n) is 3.96. The molecule has 4 aromatic carbocycles. The van der Waals surface area contributed by atoms with Crippen LogP contribution in [0.4, 0.5) is 0 Å². The molecule has 2 heterocycles. The number of rotatable bonds is 4. The molecule has 0 aliphatic heterocycles. The molecule has 0 N–H and O–H groups in total. The van der Waals surface area contributed by atoms with Gasteiger partial charge in [0.2, 0.25) is 0 Å². The maximum atomic E-state index is 6.31. The highest BCUT2D eigenvalue weighted by Crippen LogP contribution is 2.40. The van der Waals surface area contributed by atoms with Gasteiger partial charge in [0.15, 0.2) is 17.5 Å². The molecule has 0 fully saturated rings. The van der Waals surface area contributed by atoms with Crippen LogP contribution in [0.1, 0.15) is 0 Å². The highest BCUT2D eigenvalue weighted by atomic mass is 79.9. The molecule has 0 amide bonds. The topological polar surface area (TPSA) is 38.7 Å². The number of aromatic nitrogens is 3. The van der Waals surface area contributed by atoms with Crippen LogP contribution in [0, 0.1) is 0 Å². The Morgan fingerprint density at radius 3 is 1.54 bits per heavy atom. The molecule has 6 rings (SSSR count). The summed E-state index contributed by atoms with van der Waals surface area (Å²) in [7, 11) is 0. The van der Waals surface area contributed by atoms with Gasteiger partial charge in [-0.05, 0) is 33.1 Å². The molecule has 0 aliphatic rings. The molecule has 0 radical (unpaired) electrons. The molecule has 0 spiro atoms. The van der Waals surface area contributed by atoms with Crippen LogP contribution < -0.4 is 0 Å². The van der Waals surface area contributed by atoms with E-state index in [4.69, 9.17) is 26.6 Å². The first-order chi connectivity index (χ1) is 17.2. The van der Waals surface area contributed by atoms with E-state index in [2.05, 4.69) is 58.4 Å². The Labute approximate surface area is 220 Å². The zero-order chi connectivity index (χ0) is 23.8. The zero-order valence-electron chi connectivity index (χ0n) is 18.3. The van der Waals surface area contributed by atoms with Crippen molar-refractivity contribution >= 4 is 49.0 Å². The quantitative estimate of drug-likeness (QED) is 0.218. The molecule has 6 heteroatoms. The van der Waals surface area contributed by atoms with Crippen molar-refractivity contribution in [2.45, 2.75) is 0 Å². The van der Waals surface area contributed by atoms with Crippen molar-refractivity contribution in [2.24, 2.45) is 0 Å². The van der Waals surface area contributed by atoms with Gasteiger partial charge in [0.05, 0.1) is 4.47 Å². The van der Waals surface area contributed by atoms with Crippen LogP contribution in [0.15, 0.2) is 108 Å². The van der Waals surface area contributed by atoms with E-state index in [0.717, 1.165) is 46.7 Å². The third kappa shape index (κ3) is 4.39. The van der Waals surface area contributed by atoms with Crippen LogP contribution in [0.3, 0.4) is 0 Å². The summed E-state index contributed by atoms with van der Waals surface area (Å²) in [5.74, 6) is 1.96. The average molecular weight is 555 g/mol. The number of fused-ring (bicyclic) bond motifs is 1. The second-order valence-corrected chi connectivity index (χ2v) is 10.5. The Balaban J connectivity index is 1.41. The van der Waals surface area contributed by atoms with Gasteiger partial charge in [-0.25, -0.2) is 15.0 Å². The summed E-state index contributed by atoms with van der Waals surface area (Å²) < 4.78 is 2.88. The van der Waals surface area contributed by atoms with Crippen molar-refractivity contribution in [1.82, 2.24) is 15.0 Å². The molecule has 0 saturated carbocycles. The molecular formula is C29H17BrClN3S. The molecule has 3 nitrogen and oxygen atoms in total. The molecule has 2 aromatic heterocycles. The summed E-state index contributed by atoms with van der Waals surface area (Å²) in [4.78, 5) is 14.4. The normalized spacial score (nSPS) is 11.1. The summed E-state index contributed by atoms with van der Waals surface area (Å²) in [6, 6.07) is 34.8. The largest absolute Gasteiger partial charge is 0.208 e. The molecule has 0 atom stereocenters. The second-order valence-electron chi connectivity index (χ2n) is 8.02. The second kappa shape index (κ2) is 9.34. The lowest BCUT2D eigenvalue weighted by atomic mass is 10.0. The van der Waals surface area contributed by atoms with Crippen molar-refractivity contribution < 1.29 is 0 Å². The minimum Gasteiger partial charge on any atom is -0.208 e. The van der Waals surface area contributed by atoms with Gasteiger partial charge in [0, 0.05) is 26.8 Å². The fourth-order valence-corrected chi connectivity index (χ4v) is 5.89. The van der Waals surface area contributed by atoms with Crippen LogP contribution >= 0.6 is 38.9 Å². The zero-order valence-corrected chi connectivity index (χ0v) is 21.5. The number of thiophene rings is 1. The Morgan fingerprint density at radius 2 is 1.00 bits per heavy atom. The van der Waals surface area contributed by atoms with Gasteiger partial charge in [-0.1, -0.05) is 109 Å². The summed E-state index contributed by atoms with van der Waals surface area (Å²) >= 11 is 11.5. The molecule has 35 heavy (non-hydrogen) atoms. The van der Waals surface area contributed by atoms with Crippen LogP contribution in [-0.4, -0.2) is 15.0 Å². The van der Waals surface area contributed by atoms with Crippen LogP contribution in [0.25, 0.3) is 55.4 Å². The van der Waals surface area contributed by atoms with Gasteiger partial charge in [0.1, 0.15) is 4.34 Å². The molecule has 168 valence electrons. The predicted molar refractivity (Wildman–Crippen MR) is 150 cm³/mol. The van der Waals surface area contributed by atoms with E-state index in [9.17, 15) is 0 Å². The number of nitrogens with zero attached hydrogens (tertiary/aromatic N) is 3. The van der Waals surface area contributed by atoms with Crippen LogP contribution in [-0.2, 0) is 0 Å². The Kier molecular flexibility index (Phi) is 5.90. The van der Waals surface area contributed by atoms with Gasteiger partial charge < -0.3 is 0 Å². The monoisotopic (exact) mass is 553 g/mol. The first-order valence-electron chi connectivity index (χ1n) is 11.0. The van der Waals surface area contributed by atoms with Crippen molar-refractivity contribution in [2.75, 3.05) is 0 Å². The van der Waals surface area contributed by atoms with Crippen LogP contribution in [0.2, 0.25) is 4.34 Å². The van der Waals surface area contributed by atoms with E-state index in [1.54, 1.807) is 11.3 Å². The average Bonchev–Trinajstić information content (AvgIpc) is 3.22. The first-order valence-corrected chi connectivity index (χ1v) is 13.0.